The van der Waals surface area contributed by atoms with Gasteiger partial charge in [0.2, 0.25) is 0 Å². The van der Waals surface area contributed by atoms with Gasteiger partial charge in [0.05, 0.1) is 17.8 Å². The van der Waals surface area contributed by atoms with Crippen LogP contribution in [0.15, 0.2) is 0 Å². The van der Waals surface area contributed by atoms with Gasteiger partial charge in [-0.25, -0.2) is 4.98 Å². The summed E-state index contributed by atoms with van der Waals surface area (Å²) in [6, 6.07) is 0. The van der Waals surface area contributed by atoms with Gasteiger partial charge in [-0.15, -0.1) is 11.3 Å². The van der Waals surface area contributed by atoms with E-state index >= 15 is 0 Å². The lowest BCUT2D eigenvalue weighted by Crippen LogP contribution is -2.51. The van der Waals surface area contributed by atoms with E-state index in [2.05, 4.69) is 31.0 Å². The maximum atomic E-state index is 5.20. The fourth-order valence-electron chi connectivity index (χ4n) is 2.79. The molecule has 2 rings (SSSR count). The molecule has 4 nitrogen and oxygen atoms in total. The first-order valence-electron chi connectivity index (χ1n) is 7.52. The Hall–Kier alpha value is -0.490. The zero-order valence-electron chi connectivity index (χ0n) is 13.2. The first-order chi connectivity index (χ1) is 9.61. The van der Waals surface area contributed by atoms with Gasteiger partial charge in [-0.2, -0.15) is 0 Å². The molecule has 1 N–H and O–H groups in total. The number of piperidine rings is 1. The lowest BCUT2D eigenvalue weighted by molar-refractivity contribution is 0.123. The van der Waals surface area contributed by atoms with Gasteiger partial charge in [0, 0.05) is 31.6 Å². The number of thiazole rings is 1. The monoisotopic (exact) mass is 297 g/mol. The lowest BCUT2D eigenvalue weighted by atomic mass is 9.88. The van der Waals surface area contributed by atoms with E-state index in [-0.39, 0.29) is 5.54 Å². The summed E-state index contributed by atoms with van der Waals surface area (Å²) < 4.78 is 5.20. The van der Waals surface area contributed by atoms with E-state index in [1.54, 1.807) is 7.11 Å². The van der Waals surface area contributed by atoms with Crippen LogP contribution < -0.4 is 5.32 Å². The molecule has 20 heavy (non-hydrogen) atoms. The van der Waals surface area contributed by atoms with E-state index in [1.807, 2.05) is 11.3 Å². The first kappa shape index (κ1) is 15.9. The van der Waals surface area contributed by atoms with Crippen molar-refractivity contribution in [3.63, 3.8) is 0 Å². The zero-order valence-corrected chi connectivity index (χ0v) is 14.0. The molecule has 0 saturated carbocycles. The topological polar surface area (TPSA) is 37.4 Å². The van der Waals surface area contributed by atoms with Gasteiger partial charge in [0.1, 0.15) is 5.01 Å². The Balaban J connectivity index is 2.16. The standard InChI is InChI=1S/C15H27N3OS/c1-5-18-9-6-15(7-10-18,16-8-11-19-4)14-17-12(2)13(3)20-14/h16H,5-11H2,1-4H3. The van der Waals surface area contributed by atoms with Crippen molar-refractivity contribution in [3.05, 3.63) is 15.6 Å². The van der Waals surface area contributed by atoms with Crippen molar-refractivity contribution in [3.8, 4) is 0 Å². The van der Waals surface area contributed by atoms with Crippen LogP contribution in [0.5, 0.6) is 0 Å². The highest BCUT2D eigenvalue weighted by Gasteiger charge is 2.38. The number of likely N-dealkylation sites (tertiary alicyclic amines) is 1. The molecule has 1 aromatic heterocycles. The third kappa shape index (κ3) is 3.39. The molecule has 0 aliphatic carbocycles. The smallest absolute Gasteiger partial charge is 0.113 e. The number of ether oxygens (including phenoxy) is 1. The third-order valence-electron chi connectivity index (χ3n) is 4.36. The summed E-state index contributed by atoms with van der Waals surface area (Å²) >= 11 is 1.85. The van der Waals surface area contributed by atoms with Crippen molar-refractivity contribution in [1.29, 1.82) is 0 Å². The molecule has 0 atom stereocenters. The number of hydrogen-bond acceptors (Lipinski definition) is 5. The van der Waals surface area contributed by atoms with Gasteiger partial charge in [0.15, 0.2) is 0 Å². The molecule has 0 bridgehead atoms. The summed E-state index contributed by atoms with van der Waals surface area (Å²) in [6.45, 7) is 11.6. The second kappa shape index (κ2) is 6.98. The highest BCUT2D eigenvalue weighted by Crippen LogP contribution is 2.36. The molecule has 1 aliphatic rings. The van der Waals surface area contributed by atoms with Crippen LogP contribution in [-0.4, -0.2) is 49.8 Å². The molecule has 0 amide bonds. The van der Waals surface area contributed by atoms with E-state index in [0.717, 1.165) is 45.6 Å². The second-order valence-corrected chi connectivity index (χ2v) is 6.80. The highest BCUT2D eigenvalue weighted by atomic mass is 32.1. The van der Waals surface area contributed by atoms with Crippen LogP contribution in [0.3, 0.4) is 0 Å². The Morgan fingerprint density at radius 2 is 2.05 bits per heavy atom. The number of methoxy groups -OCH3 is 1. The van der Waals surface area contributed by atoms with Crippen LogP contribution in [0.25, 0.3) is 0 Å². The number of nitrogens with zero attached hydrogens (tertiary/aromatic N) is 2. The first-order valence-corrected chi connectivity index (χ1v) is 8.34. The van der Waals surface area contributed by atoms with Crippen molar-refractivity contribution in [2.45, 2.75) is 39.2 Å². The van der Waals surface area contributed by atoms with E-state index in [4.69, 9.17) is 9.72 Å². The quantitative estimate of drug-likeness (QED) is 0.818. The summed E-state index contributed by atoms with van der Waals surface area (Å²) in [4.78, 5) is 8.69. The van der Waals surface area contributed by atoms with Gasteiger partial charge >= 0.3 is 0 Å². The molecule has 1 fully saturated rings. The SMILES string of the molecule is CCN1CCC(NCCOC)(c2nc(C)c(C)s2)CC1. The Labute approximate surface area is 126 Å². The normalized spacial score (nSPS) is 19.4. The molecule has 1 aromatic rings. The molecule has 1 saturated heterocycles. The van der Waals surface area contributed by atoms with E-state index in [9.17, 15) is 0 Å². The fourth-order valence-corrected chi connectivity index (χ4v) is 3.92. The number of aromatic nitrogens is 1. The van der Waals surface area contributed by atoms with E-state index in [0.29, 0.717) is 0 Å². The maximum absolute atomic E-state index is 5.20. The number of nitrogens with one attached hydrogen (secondary N) is 1. The maximum Gasteiger partial charge on any atom is 0.113 e. The van der Waals surface area contributed by atoms with Crippen molar-refractivity contribution < 1.29 is 4.74 Å². The number of aryl methyl sites for hydroxylation is 2. The van der Waals surface area contributed by atoms with Crippen LogP contribution in [0.2, 0.25) is 0 Å². The summed E-state index contributed by atoms with van der Waals surface area (Å²) in [6.07, 6.45) is 2.27. The molecular formula is C15H27N3OS. The molecule has 0 radical (unpaired) electrons. The van der Waals surface area contributed by atoms with Crippen molar-refractivity contribution in [2.75, 3.05) is 39.9 Å². The average molecular weight is 297 g/mol. The van der Waals surface area contributed by atoms with Crippen molar-refractivity contribution >= 4 is 11.3 Å². The molecule has 0 unspecified atom stereocenters. The van der Waals surface area contributed by atoms with Gasteiger partial charge in [-0.05, 0) is 33.2 Å². The van der Waals surface area contributed by atoms with E-state index < -0.39 is 0 Å². The van der Waals surface area contributed by atoms with Crippen LogP contribution >= 0.6 is 11.3 Å². The van der Waals surface area contributed by atoms with Gasteiger partial charge in [-0.1, -0.05) is 6.92 Å². The van der Waals surface area contributed by atoms with Crippen LogP contribution in [0, 0.1) is 13.8 Å². The summed E-state index contributed by atoms with van der Waals surface area (Å²) in [5, 5.41) is 5.00. The molecular weight excluding hydrogens is 270 g/mol. The van der Waals surface area contributed by atoms with Gasteiger partial charge in [0.25, 0.3) is 0 Å². The molecule has 5 heteroatoms. The predicted octanol–water partition coefficient (Wildman–Crippen LogP) is 2.31. The van der Waals surface area contributed by atoms with Crippen molar-refractivity contribution in [1.82, 2.24) is 15.2 Å². The number of hydrogen-bond donors (Lipinski definition) is 1. The van der Waals surface area contributed by atoms with Crippen LogP contribution in [-0.2, 0) is 10.3 Å². The molecule has 114 valence electrons. The van der Waals surface area contributed by atoms with Gasteiger partial charge in [-0.3, -0.25) is 0 Å². The minimum Gasteiger partial charge on any atom is -0.383 e. The Morgan fingerprint density at radius 1 is 1.35 bits per heavy atom. The summed E-state index contributed by atoms with van der Waals surface area (Å²) in [7, 11) is 1.76. The fraction of sp³-hybridized carbons (Fsp3) is 0.800. The summed E-state index contributed by atoms with van der Waals surface area (Å²) in [5.41, 5.74) is 1.23. The Bertz CT molecular complexity index is 400. The minimum atomic E-state index is 0.0495. The average Bonchev–Trinajstić information content (AvgIpc) is 2.80. The van der Waals surface area contributed by atoms with Crippen LogP contribution in [0.1, 0.15) is 35.3 Å². The minimum absolute atomic E-state index is 0.0495. The Kier molecular flexibility index (Phi) is 5.55. The van der Waals surface area contributed by atoms with Crippen LogP contribution in [0.4, 0.5) is 0 Å². The van der Waals surface area contributed by atoms with Crippen molar-refractivity contribution in [2.24, 2.45) is 0 Å². The second-order valence-electron chi connectivity index (χ2n) is 5.60. The van der Waals surface area contributed by atoms with E-state index in [1.165, 1.54) is 15.6 Å². The molecule has 0 aromatic carbocycles. The third-order valence-corrected chi connectivity index (χ3v) is 5.64. The largest absolute Gasteiger partial charge is 0.383 e. The summed E-state index contributed by atoms with van der Waals surface area (Å²) in [5.74, 6) is 0. The molecule has 2 heterocycles. The zero-order chi connectivity index (χ0) is 14.6. The lowest BCUT2D eigenvalue weighted by Gasteiger charge is -2.41. The highest BCUT2D eigenvalue weighted by molar-refractivity contribution is 7.11. The molecule has 0 spiro atoms. The Morgan fingerprint density at radius 3 is 2.55 bits per heavy atom. The number of rotatable bonds is 6. The van der Waals surface area contributed by atoms with Gasteiger partial charge < -0.3 is 15.0 Å². The molecule has 1 aliphatic heterocycles. The predicted molar refractivity (Wildman–Crippen MR) is 84.5 cm³/mol.